The molecule has 3 nitrogen and oxygen atoms in total. The number of halogens is 2. The predicted octanol–water partition coefficient (Wildman–Crippen LogP) is 3.71. The Hall–Kier alpha value is -0.670. The van der Waals surface area contributed by atoms with Gasteiger partial charge in [0.15, 0.2) is 0 Å². The molecular weight excluding hydrogens is 261 g/mol. The van der Waals surface area contributed by atoms with Gasteiger partial charge in [0, 0.05) is 6.54 Å². The van der Waals surface area contributed by atoms with Crippen molar-refractivity contribution in [1.29, 1.82) is 0 Å². The Morgan fingerprint density at radius 1 is 1.53 bits per heavy atom. The zero-order chi connectivity index (χ0) is 13.1. The van der Waals surface area contributed by atoms with Gasteiger partial charge in [-0.1, -0.05) is 20.8 Å². The highest BCUT2D eigenvalue weighted by Gasteiger charge is 2.18. The van der Waals surface area contributed by atoms with E-state index in [1.807, 2.05) is 0 Å². The molecule has 96 valence electrons. The van der Waals surface area contributed by atoms with E-state index in [1.165, 1.54) is 12.3 Å². The standard InChI is InChI=1S/C12H17Cl2NO2/c1-12(2,3)6-8(13)7-15-11(16)9-4-5-17-10(9)14/h4-5,8H,6-7H2,1-3H3,(H,15,16). The fraction of sp³-hybridized carbons (Fsp3) is 0.583. The van der Waals surface area contributed by atoms with E-state index < -0.39 is 0 Å². The van der Waals surface area contributed by atoms with Crippen LogP contribution in [-0.4, -0.2) is 17.8 Å². The third-order valence-electron chi connectivity index (χ3n) is 2.18. The molecule has 1 aromatic heterocycles. The molecule has 1 heterocycles. The van der Waals surface area contributed by atoms with Gasteiger partial charge in [0.05, 0.1) is 17.2 Å². The number of nitrogens with one attached hydrogen (secondary N) is 1. The van der Waals surface area contributed by atoms with E-state index in [0.717, 1.165) is 6.42 Å². The fourth-order valence-electron chi connectivity index (χ4n) is 1.49. The molecule has 0 aliphatic rings. The molecule has 1 atom stereocenters. The summed E-state index contributed by atoms with van der Waals surface area (Å²) in [6, 6.07) is 1.53. The summed E-state index contributed by atoms with van der Waals surface area (Å²) in [5.74, 6) is -0.261. The quantitative estimate of drug-likeness (QED) is 0.853. The summed E-state index contributed by atoms with van der Waals surface area (Å²) < 4.78 is 4.84. The number of amides is 1. The van der Waals surface area contributed by atoms with E-state index in [0.29, 0.717) is 12.1 Å². The van der Waals surface area contributed by atoms with Crippen LogP contribution in [0.25, 0.3) is 0 Å². The van der Waals surface area contributed by atoms with Crippen molar-refractivity contribution in [2.75, 3.05) is 6.54 Å². The maximum Gasteiger partial charge on any atom is 0.256 e. The van der Waals surface area contributed by atoms with Crippen LogP contribution in [0.3, 0.4) is 0 Å². The summed E-state index contributed by atoms with van der Waals surface area (Å²) in [4.78, 5) is 11.7. The number of furan rings is 1. The van der Waals surface area contributed by atoms with E-state index in [1.54, 1.807) is 0 Å². The minimum atomic E-state index is -0.261. The first-order valence-electron chi connectivity index (χ1n) is 5.45. The number of carbonyl (C=O) groups is 1. The van der Waals surface area contributed by atoms with Crippen LogP contribution < -0.4 is 5.32 Å². The molecule has 0 radical (unpaired) electrons. The Balaban J connectivity index is 2.42. The topological polar surface area (TPSA) is 42.2 Å². The van der Waals surface area contributed by atoms with Gasteiger partial charge in [-0.05, 0) is 29.5 Å². The third kappa shape index (κ3) is 5.00. The van der Waals surface area contributed by atoms with Gasteiger partial charge in [-0.25, -0.2) is 0 Å². The van der Waals surface area contributed by atoms with Gasteiger partial charge in [0.1, 0.15) is 0 Å². The lowest BCUT2D eigenvalue weighted by molar-refractivity contribution is 0.0951. The van der Waals surface area contributed by atoms with Gasteiger partial charge in [-0.2, -0.15) is 0 Å². The van der Waals surface area contributed by atoms with Crippen molar-refractivity contribution in [3.05, 3.63) is 23.1 Å². The van der Waals surface area contributed by atoms with Gasteiger partial charge < -0.3 is 9.73 Å². The van der Waals surface area contributed by atoms with Gasteiger partial charge in [-0.15, -0.1) is 11.6 Å². The Morgan fingerprint density at radius 2 is 2.18 bits per heavy atom. The molecule has 1 unspecified atom stereocenters. The summed E-state index contributed by atoms with van der Waals surface area (Å²) in [5.41, 5.74) is 0.482. The molecule has 1 rings (SSSR count). The average Bonchev–Trinajstić information content (AvgIpc) is 2.58. The molecule has 0 aliphatic carbocycles. The molecule has 0 saturated heterocycles. The maximum atomic E-state index is 11.7. The first-order valence-corrected chi connectivity index (χ1v) is 6.26. The largest absolute Gasteiger partial charge is 0.452 e. The number of rotatable bonds is 4. The zero-order valence-corrected chi connectivity index (χ0v) is 11.7. The normalized spacial score (nSPS) is 13.5. The van der Waals surface area contributed by atoms with Gasteiger partial charge in [0.2, 0.25) is 5.22 Å². The van der Waals surface area contributed by atoms with E-state index in [2.05, 4.69) is 26.1 Å². The fourth-order valence-corrected chi connectivity index (χ4v) is 2.23. The number of hydrogen-bond acceptors (Lipinski definition) is 2. The van der Waals surface area contributed by atoms with Crippen molar-refractivity contribution < 1.29 is 9.21 Å². The summed E-state index contributed by atoms with van der Waals surface area (Å²) in [7, 11) is 0. The Labute approximate surface area is 111 Å². The predicted molar refractivity (Wildman–Crippen MR) is 69.8 cm³/mol. The Morgan fingerprint density at radius 3 is 2.65 bits per heavy atom. The number of carbonyl (C=O) groups excluding carboxylic acids is 1. The maximum absolute atomic E-state index is 11.7. The SMILES string of the molecule is CC(C)(C)CC(Cl)CNC(=O)c1ccoc1Cl. The monoisotopic (exact) mass is 277 g/mol. The first kappa shape index (κ1) is 14.4. The Bertz CT molecular complexity index is 382. The van der Waals surface area contributed by atoms with Crippen molar-refractivity contribution in [1.82, 2.24) is 5.32 Å². The van der Waals surface area contributed by atoms with E-state index in [4.69, 9.17) is 27.6 Å². The molecule has 1 aromatic rings. The van der Waals surface area contributed by atoms with Crippen molar-refractivity contribution >= 4 is 29.1 Å². The van der Waals surface area contributed by atoms with Crippen LogP contribution >= 0.6 is 23.2 Å². The molecule has 0 spiro atoms. The van der Waals surface area contributed by atoms with Gasteiger partial charge >= 0.3 is 0 Å². The third-order valence-corrected chi connectivity index (χ3v) is 2.78. The van der Waals surface area contributed by atoms with E-state index >= 15 is 0 Å². The van der Waals surface area contributed by atoms with Crippen molar-refractivity contribution in [2.45, 2.75) is 32.6 Å². The van der Waals surface area contributed by atoms with Crippen LogP contribution in [0.4, 0.5) is 0 Å². The summed E-state index contributed by atoms with van der Waals surface area (Å²) in [6.07, 6.45) is 2.21. The second kappa shape index (κ2) is 5.78. The lowest BCUT2D eigenvalue weighted by Gasteiger charge is -2.21. The minimum Gasteiger partial charge on any atom is -0.452 e. The second-order valence-corrected chi connectivity index (χ2v) is 6.14. The molecule has 1 amide bonds. The highest BCUT2D eigenvalue weighted by atomic mass is 35.5. The molecule has 17 heavy (non-hydrogen) atoms. The van der Waals surface area contributed by atoms with E-state index in [9.17, 15) is 4.79 Å². The molecule has 0 bridgehead atoms. The van der Waals surface area contributed by atoms with E-state index in [-0.39, 0.29) is 21.9 Å². The number of hydrogen-bond donors (Lipinski definition) is 1. The summed E-state index contributed by atoms with van der Waals surface area (Å²) in [5, 5.41) is 2.74. The highest BCUT2D eigenvalue weighted by molar-refractivity contribution is 6.32. The molecule has 1 N–H and O–H groups in total. The van der Waals surface area contributed by atoms with Crippen molar-refractivity contribution in [2.24, 2.45) is 5.41 Å². The van der Waals surface area contributed by atoms with Crippen LogP contribution in [0, 0.1) is 5.41 Å². The van der Waals surface area contributed by atoms with Crippen LogP contribution in [-0.2, 0) is 0 Å². The lowest BCUT2D eigenvalue weighted by atomic mass is 9.90. The molecule has 0 saturated carbocycles. The van der Waals surface area contributed by atoms with Crippen LogP contribution in [0.1, 0.15) is 37.6 Å². The number of alkyl halides is 1. The van der Waals surface area contributed by atoms with Gasteiger partial charge in [-0.3, -0.25) is 4.79 Å². The summed E-state index contributed by atoms with van der Waals surface area (Å²) >= 11 is 11.8. The minimum absolute atomic E-state index is 0.0929. The zero-order valence-electron chi connectivity index (χ0n) is 10.2. The first-order chi connectivity index (χ1) is 7.79. The average molecular weight is 278 g/mol. The van der Waals surface area contributed by atoms with Crippen molar-refractivity contribution in [3.63, 3.8) is 0 Å². The van der Waals surface area contributed by atoms with Crippen LogP contribution in [0.15, 0.2) is 16.7 Å². The van der Waals surface area contributed by atoms with Crippen molar-refractivity contribution in [3.8, 4) is 0 Å². The van der Waals surface area contributed by atoms with Crippen LogP contribution in [0.2, 0.25) is 5.22 Å². The summed E-state index contributed by atoms with van der Waals surface area (Å²) in [6.45, 7) is 6.74. The molecule has 0 aliphatic heterocycles. The molecule has 5 heteroatoms. The molecular formula is C12H17Cl2NO2. The highest BCUT2D eigenvalue weighted by Crippen LogP contribution is 2.23. The smallest absolute Gasteiger partial charge is 0.256 e. The van der Waals surface area contributed by atoms with Gasteiger partial charge in [0.25, 0.3) is 5.91 Å². The molecule has 0 aromatic carbocycles. The molecule has 0 fully saturated rings. The van der Waals surface area contributed by atoms with Crippen LogP contribution in [0.5, 0.6) is 0 Å². The Kier molecular flexibility index (Phi) is 4.90. The second-order valence-electron chi connectivity index (χ2n) is 5.18. The lowest BCUT2D eigenvalue weighted by Crippen LogP contribution is -2.31.